The number of amides is 1. The van der Waals surface area contributed by atoms with E-state index >= 15 is 0 Å². The zero-order valence-electron chi connectivity index (χ0n) is 14.4. The third-order valence-corrected chi connectivity index (χ3v) is 4.66. The second-order valence-electron chi connectivity index (χ2n) is 6.06. The van der Waals surface area contributed by atoms with E-state index in [2.05, 4.69) is 20.7 Å². The molecular weight excluding hydrogens is 306 g/mol. The van der Waals surface area contributed by atoms with Crippen molar-refractivity contribution in [1.82, 2.24) is 25.5 Å². The highest BCUT2D eigenvalue weighted by atomic mass is 16.3. The van der Waals surface area contributed by atoms with Crippen LogP contribution >= 0.6 is 0 Å². The molecule has 0 fully saturated rings. The van der Waals surface area contributed by atoms with E-state index in [4.69, 9.17) is 0 Å². The summed E-state index contributed by atoms with van der Waals surface area (Å²) in [5, 5.41) is 24.8. The van der Waals surface area contributed by atoms with E-state index in [1.54, 1.807) is 6.92 Å². The molecule has 1 aromatic heterocycles. The predicted molar refractivity (Wildman–Crippen MR) is 91.1 cm³/mol. The molecule has 0 aliphatic rings. The summed E-state index contributed by atoms with van der Waals surface area (Å²) in [6.45, 7) is 6.24. The van der Waals surface area contributed by atoms with Crippen molar-refractivity contribution in [2.75, 3.05) is 13.2 Å². The van der Waals surface area contributed by atoms with E-state index in [9.17, 15) is 9.90 Å². The Morgan fingerprint density at radius 3 is 2.54 bits per heavy atom. The van der Waals surface area contributed by atoms with Crippen molar-refractivity contribution in [2.45, 2.75) is 39.7 Å². The fourth-order valence-corrected chi connectivity index (χ4v) is 2.40. The first-order chi connectivity index (χ1) is 11.5. The Hall–Kier alpha value is -2.28. The highest BCUT2D eigenvalue weighted by Gasteiger charge is 2.27. The number of benzene rings is 1. The second-order valence-corrected chi connectivity index (χ2v) is 6.06. The molecule has 0 spiro atoms. The van der Waals surface area contributed by atoms with Crippen molar-refractivity contribution < 1.29 is 9.90 Å². The molecule has 1 aromatic carbocycles. The lowest BCUT2D eigenvalue weighted by Crippen LogP contribution is -2.42. The average Bonchev–Trinajstić information content (AvgIpc) is 3.13. The maximum Gasteiger partial charge on any atom is 0.246 e. The molecule has 2 aromatic rings. The van der Waals surface area contributed by atoms with Gasteiger partial charge in [0, 0.05) is 17.5 Å². The second kappa shape index (κ2) is 8.01. The van der Waals surface area contributed by atoms with Gasteiger partial charge in [0.1, 0.15) is 6.04 Å². The van der Waals surface area contributed by atoms with Gasteiger partial charge < -0.3 is 10.4 Å². The Labute approximate surface area is 142 Å². The van der Waals surface area contributed by atoms with Gasteiger partial charge in [-0.15, -0.1) is 10.2 Å². The van der Waals surface area contributed by atoms with E-state index < -0.39 is 6.04 Å². The van der Waals surface area contributed by atoms with Gasteiger partial charge in [0.2, 0.25) is 11.7 Å². The van der Waals surface area contributed by atoms with Crippen LogP contribution in [0.1, 0.15) is 39.7 Å². The minimum Gasteiger partial charge on any atom is -0.396 e. The fourth-order valence-electron chi connectivity index (χ4n) is 2.40. The molecule has 7 nitrogen and oxygen atoms in total. The summed E-state index contributed by atoms with van der Waals surface area (Å²) >= 11 is 0. The molecule has 1 amide bonds. The van der Waals surface area contributed by atoms with Crippen LogP contribution in [0, 0.1) is 5.41 Å². The molecule has 1 unspecified atom stereocenters. The fraction of sp³-hybridized carbons (Fsp3) is 0.529. The van der Waals surface area contributed by atoms with E-state index in [1.165, 1.54) is 4.80 Å². The molecule has 0 saturated heterocycles. The summed E-state index contributed by atoms with van der Waals surface area (Å²) in [4.78, 5) is 13.7. The largest absolute Gasteiger partial charge is 0.396 e. The first-order valence-corrected chi connectivity index (χ1v) is 8.28. The van der Waals surface area contributed by atoms with Gasteiger partial charge in [0.15, 0.2) is 0 Å². The van der Waals surface area contributed by atoms with Gasteiger partial charge in [-0.3, -0.25) is 4.79 Å². The number of carbonyl (C=O) groups excluding carboxylic acids is 1. The number of hydrogen-bond acceptors (Lipinski definition) is 5. The molecule has 0 aliphatic carbocycles. The number of tetrazole rings is 1. The number of rotatable bonds is 8. The zero-order valence-corrected chi connectivity index (χ0v) is 14.4. The van der Waals surface area contributed by atoms with Crippen LogP contribution in [0.15, 0.2) is 30.3 Å². The van der Waals surface area contributed by atoms with Crippen molar-refractivity contribution in [3.05, 3.63) is 30.3 Å². The first-order valence-electron chi connectivity index (χ1n) is 8.28. The van der Waals surface area contributed by atoms with Crippen LogP contribution in [0.5, 0.6) is 0 Å². The Morgan fingerprint density at radius 2 is 1.96 bits per heavy atom. The molecule has 1 atom stereocenters. The zero-order chi connectivity index (χ0) is 17.6. The third-order valence-electron chi connectivity index (χ3n) is 4.66. The number of aromatic nitrogens is 4. The molecule has 0 radical (unpaired) electrons. The van der Waals surface area contributed by atoms with Crippen molar-refractivity contribution >= 4 is 5.91 Å². The lowest BCUT2D eigenvalue weighted by molar-refractivity contribution is -0.125. The maximum absolute atomic E-state index is 12.4. The number of hydrogen-bond donors (Lipinski definition) is 2. The molecule has 2 N–H and O–H groups in total. The van der Waals surface area contributed by atoms with Gasteiger partial charge in [0.05, 0.1) is 6.61 Å². The van der Waals surface area contributed by atoms with Crippen molar-refractivity contribution in [2.24, 2.45) is 5.41 Å². The quantitative estimate of drug-likeness (QED) is 0.769. The lowest BCUT2D eigenvalue weighted by atomic mass is 9.83. The lowest BCUT2D eigenvalue weighted by Gasteiger charge is -2.29. The smallest absolute Gasteiger partial charge is 0.246 e. The van der Waals surface area contributed by atoms with Crippen molar-refractivity contribution in [1.29, 1.82) is 0 Å². The van der Waals surface area contributed by atoms with Gasteiger partial charge >= 0.3 is 0 Å². The SMILES string of the molecule is CCC(CC)(CO)CNC(=O)C(C)n1nnc(-c2ccccc2)n1. The van der Waals surface area contributed by atoms with E-state index in [0.717, 1.165) is 18.4 Å². The first kappa shape index (κ1) is 18.1. The average molecular weight is 331 g/mol. The molecule has 7 heteroatoms. The van der Waals surface area contributed by atoms with E-state index in [-0.39, 0.29) is 17.9 Å². The van der Waals surface area contributed by atoms with Gasteiger partial charge in [0.25, 0.3) is 0 Å². The minimum absolute atomic E-state index is 0.0500. The van der Waals surface area contributed by atoms with Crippen LogP contribution in [0.2, 0.25) is 0 Å². The Morgan fingerprint density at radius 1 is 1.29 bits per heavy atom. The standard InChI is InChI=1S/C17H25N5O2/c1-4-17(5-2,12-23)11-18-16(24)13(3)22-20-15(19-21-22)14-9-7-6-8-10-14/h6-10,13,23H,4-5,11-12H2,1-3H3,(H,18,24). The number of nitrogens with one attached hydrogen (secondary N) is 1. The van der Waals surface area contributed by atoms with Crippen LogP contribution in [0.3, 0.4) is 0 Å². The number of nitrogens with zero attached hydrogens (tertiary/aromatic N) is 4. The molecule has 0 aliphatic heterocycles. The predicted octanol–water partition coefficient (Wildman–Crippen LogP) is 1.82. The normalized spacial score (nSPS) is 12.8. The molecular formula is C17H25N5O2. The summed E-state index contributed by atoms with van der Waals surface area (Å²) in [5.74, 6) is 0.300. The van der Waals surface area contributed by atoms with Gasteiger partial charge in [-0.05, 0) is 25.0 Å². The Balaban J connectivity index is 2.02. The van der Waals surface area contributed by atoms with Crippen LogP contribution in [-0.2, 0) is 4.79 Å². The van der Waals surface area contributed by atoms with Crippen molar-refractivity contribution in [3.63, 3.8) is 0 Å². The summed E-state index contributed by atoms with van der Waals surface area (Å²) in [7, 11) is 0. The highest BCUT2D eigenvalue weighted by Crippen LogP contribution is 2.24. The monoisotopic (exact) mass is 331 g/mol. The topological polar surface area (TPSA) is 92.9 Å². The molecule has 130 valence electrons. The van der Waals surface area contributed by atoms with Gasteiger partial charge in [-0.25, -0.2) is 0 Å². The summed E-state index contributed by atoms with van der Waals surface area (Å²) < 4.78 is 0. The molecule has 0 saturated carbocycles. The Bertz CT molecular complexity index is 644. The Kier molecular flexibility index (Phi) is 6.03. The molecule has 1 heterocycles. The number of aliphatic hydroxyl groups is 1. The summed E-state index contributed by atoms with van der Waals surface area (Å²) in [6.07, 6.45) is 1.60. The van der Waals surface area contributed by atoms with Crippen LogP contribution in [-0.4, -0.2) is 44.4 Å². The van der Waals surface area contributed by atoms with Crippen LogP contribution < -0.4 is 5.32 Å². The number of carbonyl (C=O) groups is 1. The van der Waals surface area contributed by atoms with E-state index in [1.807, 2.05) is 44.2 Å². The summed E-state index contributed by atoms with van der Waals surface area (Å²) in [6, 6.07) is 8.93. The van der Waals surface area contributed by atoms with Gasteiger partial charge in [-0.1, -0.05) is 44.2 Å². The van der Waals surface area contributed by atoms with Crippen LogP contribution in [0.4, 0.5) is 0 Å². The van der Waals surface area contributed by atoms with Crippen LogP contribution in [0.25, 0.3) is 11.4 Å². The highest BCUT2D eigenvalue weighted by molar-refractivity contribution is 5.79. The molecule has 0 bridgehead atoms. The third kappa shape index (κ3) is 3.97. The van der Waals surface area contributed by atoms with Crippen molar-refractivity contribution in [3.8, 4) is 11.4 Å². The summed E-state index contributed by atoms with van der Waals surface area (Å²) in [5.41, 5.74) is 0.577. The minimum atomic E-state index is -0.569. The number of aliphatic hydroxyl groups excluding tert-OH is 1. The van der Waals surface area contributed by atoms with E-state index in [0.29, 0.717) is 12.4 Å². The molecule has 24 heavy (non-hydrogen) atoms. The maximum atomic E-state index is 12.4. The molecule has 2 rings (SSSR count). The van der Waals surface area contributed by atoms with Gasteiger partial charge in [-0.2, -0.15) is 4.80 Å².